The van der Waals surface area contributed by atoms with E-state index in [1.54, 1.807) is 13.0 Å². The normalized spacial score (nSPS) is 15.5. The number of fused-ring (bicyclic) bond motifs is 1. The molecule has 5 heteroatoms. The van der Waals surface area contributed by atoms with Gasteiger partial charge in [-0.15, -0.1) is 0 Å². The second kappa shape index (κ2) is 6.89. The van der Waals surface area contributed by atoms with Gasteiger partial charge in [-0.25, -0.2) is 4.79 Å². The number of carbonyl (C=O) groups excluding carboxylic acids is 2. The molecule has 21 heavy (non-hydrogen) atoms. The Morgan fingerprint density at radius 3 is 2.76 bits per heavy atom. The van der Waals surface area contributed by atoms with Gasteiger partial charge in [-0.3, -0.25) is 4.79 Å². The Morgan fingerprint density at radius 2 is 2.05 bits per heavy atom. The van der Waals surface area contributed by atoms with Crippen LogP contribution in [0.4, 0.5) is 0 Å². The average molecular weight is 353 g/mol. The molecule has 0 unspecified atom stereocenters. The van der Waals surface area contributed by atoms with Crippen molar-refractivity contribution in [1.29, 1.82) is 0 Å². The van der Waals surface area contributed by atoms with Gasteiger partial charge in [0, 0.05) is 16.5 Å². The molecule has 4 nitrogen and oxygen atoms in total. The predicted molar refractivity (Wildman–Crippen MR) is 82.6 cm³/mol. The first-order valence-corrected chi connectivity index (χ1v) is 7.69. The van der Waals surface area contributed by atoms with Crippen LogP contribution < -0.4 is 0 Å². The number of ether oxygens (including phenoxy) is 2. The van der Waals surface area contributed by atoms with Gasteiger partial charge in [0.25, 0.3) is 0 Å². The van der Waals surface area contributed by atoms with Gasteiger partial charge < -0.3 is 9.47 Å². The van der Waals surface area contributed by atoms with E-state index >= 15 is 0 Å². The Labute approximate surface area is 132 Å². The fourth-order valence-corrected chi connectivity index (χ4v) is 2.61. The molecule has 0 fully saturated rings. The summed E-state index contributed by atoms with van der Waals surface area (Å²) in [5, 5.41) is 0. The maximum absolute atomic E-state index is 11.8. The van der Waals surface area contributed by atoms with Crippen LogP contribution in [0.3, 0.4) is 0 Å². The van der Waals surface area contributed by atoms with Gasteiger partial charge in [-0.1, -0.05) is 15.9 Å². The number of hydrogen-bond acceptors (Lipinski definition) is 4. The quantitative estimate of drug-likeness (QED) is 0.749. The van der Waals surface area contributed by atoms with Crippen molar-refractivity contribution in [3.05, 3.63) is 39.4 Å². The van der Waals surface area contributed by atoms with Gasteiger partial charge >= 0.3 is 11.9 Å². The zero-order valence-electron chi connectivity index (χ0n) is 12.1. The lowest BCUT2D eigenvalue weighted by molar-refractivity contribution is -0.143. The van der Waals surface area contributed by atoms with Crippen molar-refractivity contribution in [2.75, 3.05) is 6.61 Å². The van der Waals surface area contributed by atoms with Gasteiger partial charge in [0.1, 0.15) is 5.76 Å². The summed E-state index contributed by atoms with van der Waals surface area (Å²) in [6.07, 6.45) is 1.74. The zero-order chi connectivity index (χ0) is 15.4. The van der Waals surface area contributed by atoms with Crippen LogP contribution in [-0.2, 0) is 14.3 Å². The van der Waals surface area contributed by atoms with E-state index in [4.69, 9.17) is 9.47 Å². The van der Waals surface area contributed by atoms with Crippen molar-refractivity contribution >= 4 is 33.6 Å². The maximum atomic E-state index is 11.8. The van der Waals surface area contributed by atoms with E-state index in [1.165, 1.54) is 0 Å². The minimum atomic E-state index is -0.322. The summed E-state index contributed by atoms with van der Waals surface area (Å²) in [4.78, 5) is 23.1. The molecule has 0 N–H and O–H groups in total. The van der Waals surface area contributed by atoms with Gasteiger partial charge in [0.2, 0.25) is 0 Å². The minimum absolute atomic E-state index is 0.193. The maximum Gasteiger partial charge on any atom is 0.344 e. The predicted octanol–water partition coefficient (Wildman–Crippen LogP) is 4.08. The van der Waals surface area contributed by atoms with E-state index in [0.717, 1.165) is 15.6 Å². The van der Waals surface area contributed by atoms with Crippen molar-refractivity contribution in [2.45, 2.75) is 33.1 Å². The standard InChI is InChI=1S/C16H17BrO4/c1-3-20-14(18)6-4-5-10(2)15-13-9-11(17)7-8-12(13)16(19)21-15/h7-9H,3-6H2,1-2H3/b15-10-. The molecule has 0 atom stereocenters. The van der Waals surface area contributed by atoms with Gasteiger partial charge in [0.05, 0.1) is 12.2 Å². The van der Waals surface area contributed by atoms with E-state index < -0.39 is 0 Å². The molecular weight excluding hydrogens is 336 g/mol. The number of halogens is 1. The van der Waals surface area contributed by atoms with Crippen LogP contribution in [0.15, 0.2) is 28.2 Å². The third-order valence-electron chi connectivity index (χ3n) is 3.27. The number of allylic oxidation sites excluding steroid dienone is 1. The van der Waals surface area contributed by atoms with E-state index in [9.17, 15) is 9.59 Å². The second-order valence-electron chi connectivity index (χ2n) is 4.85. The van der Waals surface area contributed by atoms with Gasteiger partial charge in [0.15, 0.2) is 0 Å². The first-order chi connectivity index (χ1) is 10.0. The van der Waals surface area contributed by atoms with Crippen LogP contribution in [0.2, 0.25) is 0 Å². The number of benzene rings is 1. The van der Waals surface area contributed by atoms with Gasteiger partial charge in [-0.05, 0) is 50.5 Å². The van der Waals surface area contributed by atoms with Crippen molar-refractivity contribution in [1.82, 2.24) is 0 Å². The SMILES string of the molecule is CCOC(=O)CCC/C(C)=C1\OC(=O)c2ccc(Br)cc21. The highest BCUT2D eigenvalue weighted by Gasteiger charge is 2.27. The number of hydrogen-bond donors (Lipinski definition) is 0. The van der Waals surface area contributed by atoms with Crippen LogP contribution in [0.25, 0.3) is 5.76 Å². The molecule has 0 amide bonds. The monoisotopic (exact) mass is 352 g/mol. The molecule has 0 saturated heterocycles. The van der Waals surface area contributed by atoms with Crippen LogP contribution in [0.1, 0.15) is 49.0 Å². The van der Waals surface area contributed by atoms with E-state index in [0.29, 0.717) is 37.2 Å². The summed E-state index contributed by atoms with van der Waals surface area (Å²) in [5.74, 6) is 0.0965. The fraction of sp³-hybridized carbons (Fsp3) is 0.375. The van der Waals surface area contributed by atoms with E-state index in [2.05, 4.69) is 15.9 Å². The summed E-state index contributed by atoms with van der Waals surface area (Å²) in [5.41, 5.74) is 2.35. The van der Waals surface area contributed by atoms with E-state index in [-0.39, 0.29) is 11.9 Å². The smallest absolute Gasteiger partial charge is 0.344 e. The molecule has 1 aromatic carbocycles. The number of carbonyl (C=O) groups is 2. The topological polar surface area (TPSA) is 52.6 Å². The summed E-state index contributed by atoms with van der Waals surface area (Å²) < 4.78 is 11.1. The summed E-state index contributed by atoms with van der Waals surface area (Å²) in [6.45, 7) is 4.11. The molecule has 2 rings (SSSR count). The molecule has 0 bridgehead atoms. The number of esters is 2. The second-order valence-corrected chi connectivity index (χ2v) is 5.76. The molecule has 1 aromatic rings. The van der Waals surface area contributed by atoms with Crippen molar-refractivity contribution in [3.63, 3.8) is 0 Å². The molecular formula is C16H17BrO4. The molecule has 112 valence electrons. The third kappa shape index (κ3) is 3.73. The average Bonchev–Trinajstić information content (AvgIpc) is 2.75. The van der Waals surface area contributed by atoms with Crippen LogP contribution in [0.5, 0.6) is 0 Å². The Bertz CT molecular complexity index is 604. The molecule has 0 aliphatic carbocycles. The molecule has 0 saturated carbocycles. The Morgan fingerprint density at radius 1 is 1.29 bits per heavy atom. The van der Waals surface area contributed by atoms with Gasteiger partial charge in [-0.2, -0.15) is 0 Å². The molecule has 0 radical (unpaired) electrons. The fourth-order valence-electron chi connectivity index (χ4n) is 2.25. The summed E-state index contributed by atoms with van der Waals surface area (Å²) in [7, 11) is 0. The highest BCUT2D eigenvalue weighted by molar-refractivity contribution is 9.10. The lowest BCUT2D eigenvalue weighted by Gasteiger charge is -2.06. The van der Waals surface area contributed by atoms with Crippen LogP contribution in [0, 0.1) is 0 Å². The Kier molecular flexibility index (Phi) is 5.17. The molecule has 0 spiro atoms. The summed E-state index contributed by atoms with van der Waals surface area (Å²) >= 11 is 3.40. The Balaban J connectivity index is 2.09. The first kappa shape index (κ1) is 15.8. The first-order valence-electron chi connectivity index (χ1n) is 6.90. The van der Waals surface area contributed by atoms with Crippen molar-refractivity contribution < 1.29 is 19.1 Å². The Hall–Kier alpha value is -1.62. The molecule has 1 aliphatic heterocycles. The van der Waals surface area contributed by atoms with Crippen molar-refractivity contribution in [2.24, 2.45) is 0 Å². The lowest BCUT2D eigenvalue weighted by Crippen LogP contribution is -2.03. The summed E-state index contributed by atoms with van der Waals surface area (Å²) in [6, 6.07) is 5.45. The lowest BCUT2D eigenvalue weighted by atomic mass is 10.0. The van der Waals surface area contributed by atoms with E-state index in [1.807, 2.05) is 19.1 Å². The number of cyclic esters (lactones) is 1. The highest BCUT2D eigenvalue weighted by Crippen LogP contribution is 2.35. The van der Waals surface area contributed by atoms with Crippen molar-refractivity contribution in [3.8, 4) is 0 Å². The number of rotatable bonds is 5. The van der Waals surface area contributed by atoms with Crippen LogP contribution >= 0.6 is 15.9 Å². The largest absolute Gasteiger partial charge is 0.466 e. The zero-order valence-corrected chi connectivity index (χ0v) is 13.7. The third-order valence-corrected chi connectivity index (χ3v) is 3.76. The molecule has 0 aromatic heterocycles. The molecule has 1 heterocycles. The molecule has 1 aliphatic rings. The highest BCUT2D eigenvalue weighted by atomic mass is 79.9. The van der Waals surface area contributed by atoms with Crippen LogP contribution in [-0.4, -0.2) is 18.5 Å². The minimum Gasteiger partial charge on any atom is -0.466 e.